The number of amides is 2. The number of nitrogens with one attached hydrogen (secondary N) is 1. The third kappa shape index (κ3) is 5.84. The molecule has 0 heterocycles. The van der Waals surface area contributed by atoms with Gasteiger partial charge in [0.2, 0.25) is 0 Å². The van der Waals surface area contributed by atoms with Crippen LogP contribution in [0, 0.1) is 6.92 Å². The van der Waals surface area contributed by atoms with Gasteiger partial charge in [0.1, 0.15) is 0 Å². The second-order valence-electron chi connectivity index (χ2n) is 4.91. The van der Waals surface area contributed by atoms with Gasteiger partial charge in [0, 0.05) is 25.1 Å². The van der Waals surface area contributed by atoms with Crippen molar-refractivity contribution < 1.29 is 9.90 Å². The van der Waals surface area contributed by atoms with Crippen LogP contribution in [-0.4, -0.2) is 48.0 Å². The van der Waals surface area contributed by atoms with Crippen molar-refractivity contribution in [3.8, 4) is 0 Å². The molecular weight excluding hydrogens is 272 g/mol. The monoisotopic (exact) mass is 296 g/mol. The maximum absolute atomic E-state index is 11.7. The Morgan fingerprint density at radius 2 is 2.05 bits per heavy atom. The van der Waals surface area contributed by atoms with Crippen molar-refractivity contribution in [2.75, 3.05) is 26.0 Å². The zero-order valence-corrected chi connectivity index (χ0v) is 13.2. The summed E-state index contributed by atoms with van der Waals surface area (Å²) in [4.78, 5) is 13.2. The lowest BCUT2D eigenvalue weighted by Crippen LogP contribution is -2.44. The van der Waals surface area contributed by atoms with E-state index in [-0.39, 0.29) is 18.7 Å². The summed E-state index contributed by atoms with van der Waals surface area (Å²) in [6.07, 6.45) is 0. The highest BCUT2D eigenvalue weighted by molar-refractivity contribution is 7.98. The van der Waals surface area contributed by atoms with Gasteiger partial charge in [-0.15, -0.1) is 0 Å². The molecule has 1 rings (SSSR count). The Morgan fingerprint density at radius 3 is 2.65 bits per heavy atom. The molecule has 1 aromatic rings. The number of aliphatic hydroxyl groups excluding tert-OH is 1. The highest BCUT2D eigenvalue weighted by Crippen LogP contribution is 2.12. The highest BCUT2D eigenvalue weighted by Gasteiger charge is 2.13. The summed E-state index contributed by atoms with van der Waals surface area (Å²) in [5.74, 6) is 1.83. The van der Waals surface area contributed by atoms with Crippen molar-refractivity contribution >= 4 is 17.8 Å². The molecule has 112 valence electrons. The van der Waals surface area contributed by atoms with E-state index in [9.17, 15) is 4.79 Å². The quantitative estimate of drug-likeness (QED) is 0.759. The number of carbonyl (C=O) groups excluding carboxylic acids is 1. The first kappa shape index (κ1) is 16.9. The van der Waals surface area contributed by atoms with Crippen molar-refractivity contribution in [3.05, 3.63) is 35.4 Å². The maximum Gasteiger partial charge on any atom is 0.317 e. The number of urea groups is 1. The van der Waals surface area contributed by atoms with Crippen LogP contribution < -0.4 is 5.32 Å². The first-order valence-corrected chi connectivity index (χ1v) is 7.95. The van der Waals surface area contributed by atoms with E-state index in [1.807, 2.05) is 6.92 Å². The summed E-state index contributed by atoms with van der Waals surface area (Å²) in [5.41, 5.74) is 2.57. The standard InChI is InChI=1S/C15H24N2O2S/c1-12-4-6-14(7-5-12)11-20-9-8-16-15(19)17(3)13(2)10-18/h4-7,13,18H,8-11H2,1-3H3,(H,16,19). The lowest BCUT2D eigenvalue weighted by molar-refractivity contribution is 0.158. The lowest BCUT2D eigenvalue weighted by Gasteiger charge is -2.23. The summed E-state index contributed by atoms with van der Waals surface area (Å²) >= 11 is 1.80. The Kier molecular flexibility index (Phi) is 7.47. The number of nitrogens with zero attached hydrogens (tertiary/aromatic N) is 1. The van der Waals surface area contributed by atoms with E-state index in [1.165, 1.54) is 16.0 Å². The number of likely N-dealkylation sites (N-methyl/N-ethyl adjacent to an activating group) is 1. The van der Waals surface area contributed by atoms with Gasteiger partial charge in [-0.2, -0.15) is 11.8 Å². The summed E-state index contributed by atoms with van der Waals surface area (Å²) < 4.78 is 0. The van der Waals surface area contributed by atoms with Crippen molar-refractivity contribution in [3.63, 3.8) is 0 Å². The van der Waals surface area contributed by atoms with Crippen LogP contribution in [0.25, 0.3) is 0 Å². The first-order chi connectivity index (χ1) is 9.54. The molecule has 0 aliphatic carbocycles. The van der Waals surface area contributed by atoms with Gasteiger partial charge in [0.15, 0.2) is 0 Å². The summed E-state index contributed by atoms with van der Waals surface area (Å²) in [5, 5.41) is 11.8. The third-order valence-corrected chi connectivity index (χ3v) is 4.19. The van der Waals surface area contributed by atoms with Crippen LogP contribution in [0.5, 0.6) is 0 Å². The van der Waals surface area contributed by atoms with Crippen LogP contribution in [0.2, 0.25) is 0 Å². The van der Waals surface area contributed by atoms with E-state index in [0.29, 0.717) is 6.54 Å². The molecule has 0 saturated heterocycles. The van der Waals surface area contributed by atoms with Gasteiger partial charge in [-0.05, 0) is 19.4 Å². The molecule has 0 fully saturated rings. The Bertz CT molecular complexity index is 409. The summed E-state index contributed by atoms with van der Waals surface area (Å²) in [6.45, 7) is 4.51. The van der Waals surface area contributed by atoms with Gasteiger partial charge in [-0.25, -0.2) is 4.79 Å². The van der Waals surface area contributed by atoms with Crippen molar-refractivity contribution in [2.45, 2.75) is 25.6 Å². The molecule has 4 nitrogen and oxygen atoms in total. The lowest BCUT2D eigenvalue weighted by atomic mass is 10.2. The topological polar surface area (TPSA) is 52.6 Å². The second-order valence-corrected chi connectivity index (χ2v) is 6.02. The van der Waals surface area contributed by atoms with Crippen molar-refractivity contribution in [1.82, 2.24) is 10.2 Å². The molecule has 0 aromatic heterocycles. The molecule has 0 spiro atoms. The number of carbonyl (C=O) groups is 1. The molecule has 5 heteroatoms. The molecule has 0 aliphatic heterocycles. The van der Waals surface area contributed by atoms with Crippen molar-refractivity contribution in [2.24, 2.45) is 0 Å². The maximum atomic E-state index is 11.7. The summed E-state index contributed by atoms with van der Waals surface area (Å²) in [6, 6.07) is 8.21. The molecule has 0 radical (unpaired) electrons. The predicted molar refractivity (Wildman–Crippen MR) is 85.1 cm³/mol. The number of benzene rings is 1. The van der Waals surface area contributed by atoms with Gasteiger partial charge in [-0.3, -0.25) is 0 Å². The van der Waals surface area contributed by atoms with Gasteiger partial charge >= 0.3 is 6.03 Å². The number of thioether (sulfide) groups is 1. The Balaban J connectivity index is 2.16. The summed E-state index contributed by atoms with van der Waals surface area (Å²) in [7, 11) is 1.69. The van der Waals surface area contributed by atoms with E-state index in [4.69, 9.17) is 5.11 Å². The van der Waals surface area contributed by atoms with Crippen LogP contribution in [0.15, 0.2) is 24.3 Å². The number of rotatable bonds is 7. The normalized spacial score (nSPS) is 12.0. The zero-order valence-electron chi connectivity index (χ0n) is 12.4. The van der Waals surface area contributed by atoms with Crippen LogP contribution in [0.3, 0.4) is 0 Å². The van der Waals surface area contributed by atoms with Crippen LogP contribution >= 0.6 is 11.8 Å². The molecule has 1 aromatic carbocycles. The van der Waals surface area contributed by atoms with Crippen LogP contribution in [-0.2, 0) is 5.75 Å². The minimum absolute atomic E-state index is 0.0217. The number of hydrogen-bond donors (Lipinski definition) is 2. The van der Waals surface area contributed by atoms with Crippen LogP contribution in [0.4, 0.5) is 4.79 Å². The average molecular weight is 296 g/mol. The van der Waals surface area contributed by atoms with Gasteiger partial charge in [0.05, 0.1) is 12.6 Å². The van der Waals surface area contributed by atoms with Crippen molar-refractivity contribution in [1.29, 1.82) is 0 Å². The fourth-order valence-electron chi connectivity index (χ4n) is 1.55. The minimum Gasteiger partial charge on any atom is -0.394 e. The van der Waals surface area contributed by atoms with E-state index in [1.54, 1.807) is 18.8 Å². The molecule has 1 atom stereocenters. The zero-order chi connectivity index (χ0) is 15.0. The molecular formula is C15H24N2O2S. The average Bonchev–Trinajstić information content (AvgIpc) is 2.47. The Morgan fingerprint density at radius 1 is 1.40 bits per heavy atom. The largest absolute Gasteiger partial charge is 0.394 e. The fraction of sp³-hybridized carbons (Fsp3) is 0.533. The number of hydrogen-bond acceptors (Lipinski definition) is 3. The van der Waals surface area contributed by atoms with Crippen LogP contribution in [0.1, 0.15) is 18.1 Å². The third-order valence-electron chi connectivity index (χ3n) is 3.16. The van der Waals surface area contributed by atoms with E-state index in [0.717, 1.165) is 11.5 Å². The number of aryl methyl sites for hydroxylation is 1. The van der Waals surface area contributed by atoms with E-state index in [2.05, 4.69) is 36.5 Å². The molecule has 0 aliphatic rings. The Hall–Kier alpha value is -1.20. The first-order valence-electron chi connectivity index (χ1n) is 6.79. The molecule has 2 N–H and O–H groups in total. The molecule has 0 bridgehead atoms. The SMILES string of the molecule is Cc1ccc(CSCCNC(=O)N(C)C(C)CO)cc1. The second kappa shape index (κ2) is 8.87. The molecule has 0 saturated carbocycles. The highest BCUT2D eigenvalue weighted by atomic mass is 32.2. The Labute approximate surface area is 125 Å². The number of aliphatic hydroxyl groups is 1. The smallest absolute Gasteiger partial charge is 0.317 e. The fourth-order valence-corrected chi connectivity index (χ4v) is 2.37. The molecule has 2 amide bonds. The predicted octanol–water partition coefficient (Wildman–Crippen LogP) is 2.25. The minimum atomic E-state index is -0.157. The molecule has 20 heavy (non-hydrogen) atoms. The van der Waals surface area contributed by atoms with Gasteiger partial charge in [0.25, 0.3) is 0 Å². The van der Waals surface area contributed by atoms with E-state index < -0.39 is 0 Å². The molecule has 1 unspecified atom stereocenters. The van der Waals surface area contributed by atoms with Gasteiger partial charge in [-0.1, -0.05) is 29.8 Å². The van der Waals surface area contributed by atoms with E-state index >= 15 is 0 Å². The van der Waals surface area contributed by atoms with Gasteiger partial charge < -0.3 is 15.3 Å².